The number of nitrogens with zero attached hydrogens (tertiary/aromatic N) is 3. The lowest BCUT2D eigenvalue weighted by molar-refractivity contribution is 0.0935. The lowest BCUT2D eigenvalue weighted by atomic mass is 9.82. The Morgan fingerprint density at radius 2 is 2.03 bits per heavy atom. The van der Waals surface area contributed by atoms with Crippen LogP contribution in [0.5, 0.6) is 0 Å². The number of hydrogen-bond acceptors (Lipinski definition) is 6. The fourth-order valence-corrected chi connectivity index (χ4v) is 5.75. The molecule has 32 heavy (non-hydrogen) atoms. The molecule has 1 saturated heterocycles. The van der Waals surface area contributed by atoms with Gasteiger partial charge in [-0.2, -0.15) is 0 Å². The summed E-state index contributed by atoms with van der Waals surface area (Å²) in [4.78, 5) is 38.3. The van der Waals surface area contributed by atoms with Crippen molar-refractivity contribution < 1.29 is 9.59 Å². The second-order valence-electron chi connectivity index (χ2n) is 8.67. The van der Waals surface area contributed by atoms with Crippen LogP contribution in [0.1, 0.15) is 53.4 Å². The molecule has 0 radical (unpaired) electrons. The van der Waals surface area contributed by atoms with E-state index >= 15 is 0 Å². The number of thiophene rings is 1. The van der Waals surface area contributed by atoms with E-state index in [1.54, 1.807) is 17.3 Å². The number of rotatable bonds is 4. The summed E-state index contributed by atoms with van der Waals surface area (Å²) in [7, 11) is 0. The molecule has 2 aliphatic heterocycles. The summed E-state index contributed by atoms with van der Waals surface area (Å²) in [5.74, 6) is 0.314. The van der Waals surface area contributed by atoms with Crippen LogP contribution in [0.3, 0.4) is 0 Å². The largest absolute Gasteiger partial charge is 0.347 e. The highest BCUT2D eigenvalue weighted by molar-refractivity contribution is 7.21. The normalized spacial score (nSPS) is 20.7. The van der Waals surface area contributed by atoms with E-state index in [-0.39, 0.29) is 18.0 Å². The number of piperidine rings is 1. The molecule has 1 atom stereocenters. The van der Waals surface area contributed by atoms with Crippen molar-refractivity contribution in [3.05, 3.63) is 41.2 Å². The van der Waals surface area contributed by atoms with Gasteiger partial charge in [-0.15, -0.1) is 11.3 Å². The minimum atomic E-state index is -0.275. The molecule has 0 bridgehead atoms. The van der Waals surface area contributed by atoms with Crippen molar-refractivity contribution >= 4 is 50.6 Å². The third-order valence-corrected chi connectivity index (χ3v) is 7.73. The molecular weight excluding hydrogens is 424 g/mol. The van der Waals surface area contributed by atoms with E-state index < -0.39 is 0 Å². The van der Waals surface area contributed by atoms with Crippen LogP contribution in [0.2, 0.25) is 0 Å². The van der Waals surface area contributed by atoms with Gasteiger partial charge in [-0.05, 0) is 50.4 Å². The molecule has 9 heteroatoms. The van der Waals surface area contributed by atoms with Gasteiger partial charge in [-0.25, -0.2) is 9.78 Å². The minimum absolute atomic E-state index is 0.0960. The van der Waals surface area contributed by atoms with E-state index in [2.05, 4.69) is 25.9 Å². The van der Waals surface area contributed by atoms with E-state index in [4.69, 9.17) is 0 Å². The van der Waals surface area contributed by atoms with Crippen LogP contribution in [-0.2, 0) is 0 Å². The number of carbonyl (C=O) groups is 2. The lowest BCUT2D eigenvalue weighted by Gasteiger charge is -2.30. The van der Waals surface area contributed by atoms with Crippen LogP contribution in [0.15, 0.2) is 30.6 Å². The third kappa shape index (κ3) is 3.23. The highest BCUT2D eigenvalue weighted by Gasteiger charge is 2.33. The van der Waals surface area contributed by atoms with Gasteiger partial charge < -0.3 is 16.0 Å². The summed E-state index contributed by atoms with van der Waals surface area (Å²) in [6.07, 6.45) is 8.98. The van der Waals surface area contributed by atoms with E-state index in [0.717, 1.165) is 66.1 Å². The first-order valence-electron chi connectivity index (χ1n) is 11.2. The molecule has 164 valence electrons. The van der Waals surface area contributed by atoms with Crippen LogP contribution in [0, 0.1) is 0 Å². The van der Waals surface area contributed by atoms with Gasteiger partial charge in [0.15, 0.2) is 0 Å². The SMILES string of the molecule is O=C(NC1CCCNC1)c1sc2nccc3c2c1NC(=O)N3c1ccnc(C2CCC2)c1. The Kier molecular flexibility index (Phi) is 4.80. The van der Waals surface area contributed by atoms with Crippen molar-refractivity contribution in [2.45, 2.75) is 44.1 Å². The van der Waals surface area contributed by atoms with Gasteiger partial charge in [0.2, 0.25) is 0 Å². The molecule has 3 aromatic rings. The Morgan fingerprint density at radius 3 is 2.81 bits per heavy atom. The molecule has 8 nitrogen and oxygen atoms in total. The zero-order valence-corrected chi connectivity index (χ0v) is 18.4. The second kappa shape index (κ2) is 7.83. The molecular formula is C23H24N6O2S. The van der Waals surface area contributed by atoms with Gasteiger partial charge in [0.25, 0.3) is 5.91 Å². The topological polar surface area (TPSA) is 99.2 Å². The Labute approximate surface area is 189 Å². The third-order valence-electron chi connectivity index (χ3n) is 6.63. The van der Waals surface area contributed by atoms with Crippen molar-refractivity contribution in [2.24, 2.45) is 0 Å². The molecule has 6 rings (SSSR count). The molecule has 0 aromatic carbocycles. The first kappa shape index (κ1) is 19.6. The summed E-state index contributed by atoms with van der Waals surface area (Å²) < 4.78 is 0. The number of anilines is 3. The van der Waals surface area contributed by atoms with E-state index in [1.807, 2.05) is 18.2 Å². The van der Waals surface area contributed by atoms with E-state index in [1.165, 1.54) is 17.8 Å². The molecule has 1 unspecified atom stereocenters. The number of pyridine rings is 2. The first-order valence-corrected chi connectivity index (χ1v) is 12.0. The molecule has 3 amide bonds. The Hall–Kier alpha value is -3.04. The van der Waals surface area contributed by atoms with E-state index in [0.29, 0.717) is 16.5 Å². The van der Waals surface area contributed by atoms with Crippen molar-refractivity contribution in [2.75, 3.05) is 23.3 Å². The number of urea groups is 1. The number of carbonyl (C=O) groups excluding carboxylic acids is 2. The van der Waals surface area contributed by atoms with Gasteiger partial charge in [-0.3, -0.25) is 14.7 Å². The number of hydrogen-bond donors (Lipinski definition) is 3. The maximum atomic E-state index is 13.3. The maximum Gasteiger partial charge on any atom is 0.331 e. The summed E-state index contributed by atoms with van der Waals surface area (Å²) in [5, 5.41) is 10.2. The fourth-order valence-electron chi connectivity index (χ4n) is 4.73. The molecule has 1 saturated carbocycles. The van der Waals surface area contributed by atoms with Crippen molar-refractivity contribution in [3.8, 4) is 0 Å². The number of nitrogens with one attached hydrogen (secondary N) is 3. The van der Waals surface area contributed by atoms with Gasteiger partial charge >= 0.3 is 6.03 Å². The minimum Gasteiger partial charge on any atom is -0.347 e. The predicted octanol–water partition coefficient (Wildman–Crippen LogP) is 4.12. The monoisotopic (exact) mass is 448 g/mol. The number of aromatic nitrogens is 2. The van der Waals surface area contributed by atoms with Crippen LogP contribution >= 0.6 is 11.3 Å². The predicted molar refractivity (Wildman–Crippen MR) is 125 cm³/mol. The number of amides is 3. The zero-order valence-electron chi connectivity index (χ0n) is 17.6. The van der Waals surface area contributed by atoms with Crippen LogP contribution in [-0.4, -0.2) is 41.0 Å². The molecule has 2 fully saturated rings. The highest BCUT2D eigenvalue weighted by atomic mass is 32.1. The maximum absolute atomic E-state index is 13.3. The van der Waals surface area contributed by atoms with Crippen LogP contribution < -0.4 is 20.9 Å². The van der Waals surface area contributed by atoms with Crippen LogP contribution in [0.4, 0.5) is 21.9 Å². The van der Waals surface area contributed by atoms with E-state index in [9.17, 15) is 9.59 Å². The summed E-state index contributed by atoms with van der Waals surface area (Å²) >= 11 is 1.32. The molecule has 1 aliphatic carbocycles. The molecule has 3 N–H and O–H groups in total. The second-order valence-corrected chi connectivity index (χ2v) is 9.66. The zero-order chi connectivity index (χ0) is 21.7. The fraction of sp³-hybridized carbons (Fsp3) is 0.391. The Morgan fingerprint density at radius 1 is 1.16 bits per heavy atom. The van der Waals surface area contributed by atoms with Gasteiger partial charge in [-0.1, -0.05) is 6.42 Å². The van der Waals surface area contributed by atoms with Gasteiger partial charge in [0.1, 0.15) is 9.71 Å². The van der Waals surface area contributed by atoms with Crippen LogP contribution in [0.25, 0.3) is 10.2 Å². The van der Waals surface area contributed by atoms with Crippen molar-refractivity contribution in [1.29, 1.82) is 0 Å². The molecule has 3 aromatic heterocycles. The average Bonchev–Trinajstić information content (AvgIpc) is 3.13. The van der Waals surface area contributed by atoms with Crippen molar-refractivity contribution in [1.82, 2.24) is 20.6 Å². The summed E-state index contributed by atoms with van der Waals surface area (Å²) in [6.45, 7) is 1.75. The molecule has 5 heterocycles. The molecule has 0 spiro atoms. The summed E-state index contributed by atoms with van der Waals surface area (Å²) in [6, 6.07) is 5.53. The quantitative estimate of drug-likeness (QED) is 0.558. The lowest BCUT2D eigenvalue weighted by Crippen LogP contribution is -2.45. The highest BCUT2D eigenvalue weighted by Crippen LogP contribution is 2.46. The first-order chi connectivity index (χ1) is 15.7. The smallest absolute Gasteiger partial charge is 0.331 e. The Bertz CT molecular complexity index is 1210. The van der Waals surface area contributed by atoms with Crippen molar-refractivity contribution in [3.63, 3.8) is 0 Å². The molecule has 3 aliphatic rings. The Balaban J connectivity index is 1.38. The van der Waals surface area contributed by atoms with Gasteiger partial charge in [0.05, 0.1) is 22.4 Å². The standard InChI is InChI=1S/C23H24N6O2S/c30-21(27-14-5-2-8-24-12-14)20-19-18-17(7-10-26-22(18)32-20)29(23(31)28-19)15-6-9-25-16(11-15)13-3-1-4-13/h6-7,9-11,13-14,24H,1-5,8,12H2,(H,27,30)(H,28,31). The average molecular weight is 449 g/mol. The van der Waals surface area contributed by atoms with Gasteiger partial charge in [0, 0.05) is 36.6 Å². The summed E-state index contributed by atoms with van der Waals surface area (Å²) in [5.41, 5.74) is 3.12.